The van der Waals surface area contributed by atoms with E-state index >= 15 is 0 Å². The van der Waals surface area contributed by atoms with Crippen LogP contribution in [0.2, 0.25) is 0 Å². The van der Waals surface area contributed by atoms with Crippen molar-refractivity contribution >= 4 is 10.0 Å². The van der Waals surface area contributed by atoms with Gasteiger partial charge in [0.2, 0.25) is 10.0 Å². The molecule has 3 atom stereocenters. The topological polar surface area (TPSA) is 79.3 Å². The lowest BCUT2D eigenvalue weighted by atomic mass is 10.0. The number of fused-ring (bicyclic) bond motifs is 1. The third kappa shape index (κ3) is 5.40. The molecule has 1 heterocycles. The fourth-order valence-electron chi connectivity index (χ4n) is 4.53. The Morgan fingerprint density at radius 1 is 1.15 bits per heavy atom. The van der Waals surface area contributed by atoms with Crippen molar-refractivity contribution in [2.24, 2.45) is 11.8 Å². The number of nitrogens with zero attached hydrogens (tertiary/aromatic N) is 2. The molecule has 34 heavy (non-hydrogen) atoms. The maximum Gasteiger partial charge on any atom is 0.247 e. The molecule has 0 spiro atoms. The molecule has 0 amide bonds. The van der Waals surface area contributed by atoms with Crippen LogP contribution in [0.3, 0.4) is 0 Å². The lowest BCUT2D eigenvalue weighted by Gasteiger charge is -2.37. The first-order chi connectivity index (χ1) is 16.2. The van der Waals surface area contributed by atoms with Gasteiger partial charge in [0.1, 0.15) is 22.5 Å². The predicted molar refractivity (Wildman–Crippen MR) is 133 cm³/mol. The van der Waals surface area contributed by atoms with Gasteiger partial charge in [-0.3, -0.25) is 0 Å². The zero-order valence-electron chi connectivity index (χ0n) is 20.5. The highest BCUT2D eigenvalue weighted by molar-refractivity contribution is 7.89. The zero-order chi connectivity index (χ0) is 24.5. The Hall–Kier alpha value is -2.13. The molecule has 4 rings (SSSR count). The van der Waals surface area contributed by atoms with E-state index in [0.29, 0.717) is 18.8 Å². The van der Waals surface area contributed by atoms with Crippen molar-refractivity contribution in [1.29, 1.82) is 0 Å². The molecule has 7 nitrogen and oxygen atoms in total. The van der Waals surface area contributed by atoms with E-state index in [1.807, 2.05) is 43.3 Å². The Morgan fingerprint density at radius 3 is 2.44 bits per heavy atom. The first-order valence-electron chi connectivity index (χ1n) is 12.0. The van der Waals surface area contributed by atoms with Crippen LogP contribution in [0, 0.1) is 11.8 Å². The van der Waals surface area contributed by atoms with Crippen LogP contribution in [0.25, 0.3) is 11.1 Å². The fourth-order valence-corrected chi connectivity index (χ4v) is 6.36. The Bertz CT molecular complexity index is 1080. The van der Waals surface area contributed by atoms with Gasteiger partial charge in [-0.1, -0.05) is 25.1 Å². The molecule has 8 heteroatoms. The largest absolute Gasteiger partial charge is 0.497 e. The second-order valence-corrected chi connectivity index (χ2v) is 11.7. The van der Waals surface area contributed by atoms with E-state index in [0.717, 1.165) is 29.3 Å². The van der Waals surface area contributed by atoms with E-state index in [2.05, 4.69) is 11.9 Å². The highest BCUT2D eigenvalue weighted by Crippen LogP contribution is 2.37. The summed E-state index contributed by atoms with van der Waals surface area (Å²) in [6.45, 7) is 5.57. The fraction of sp³-hybridized carbons (Fsp3) is 0.538. The Morgan fingerprint density at radius 2 is 1.82 bits per heavy atom. The maximum atomic E-state index is 13.6. The number of sulfonamides is 1. The van der Waals surface area contributed by atoms with Gasteiger partial charge in [-0.2, -0.15) is 4.31 Å². The van der Waals surface area contributed by atoms with Crippen molar-refractivity contribution in [2.45, 2.75) is 43.7 Å². The molecule has 1 aliphatic carbocycles. The molecule has 0 bridgehead atoms. The third-order valence-electron chi connectivity index (χ3n) is 6.85. The molecular formula is C26H36N2O5S. The third-order valence-corrected chi connectivity index (χ3v) is 8.87. The summed E-state index contributed by atoms with van der Waals surface area (Å²) in [4.78, 5) is 2.44. The normalized spacial score (nSPS) is 23.5. The highest BCUT2D eigenvalue weighted by Gasteiger charge is 2.38. The summed E-state index contributed by atoms with van der Waals surface area (Å²) in [7, 11) is -0.114. The summed E-state index contributed by atoms with van der Waals surface area (Å²) in [5.41, 5.74) is 1.82. The molecule has 2 aromatic rings. The molecule has 186 valence electrons. The van der Waals surface area contributed by atoms with Gasteiger partial charge in [-0.05, 0) is 68.1 Å². The van der Waals surface area contributed by atoms with Gasteiger partial charge >= 0.3 is 0 Å². The van der Waals surface area contributed by atoms with E-state index in [1.54, 1.807) is 20.1 Å². The van der Waals surface area contributed by atoms with Crippen LogP contribution in [0.1, 0.15) is 26.7 Å². The van der Waals surface area contributed by atoms with Crippen LogP contribution >= 0.6 is 0 Å². The van der Waals surface area contributed by atoms with Crippen molar-refractivity contribution in [1.82, 2.24) is 9.21 Å². The summed E-state index contributed by atoms with van der Waals surface area (Å²) in [5.74, 6) is 1.83. The summed E-state index contributed by atoms with van der Waals surface area (Å²) < 4.78 is 40.5. The van der Waals surface area contributed by atoms with Crippen LogP contribution in [0.5, 0.6) is 11.5 Å². The molecule has 2 aliphatic rings. The molecule has 0 aromatic heterocycles. The van der Waals surface area contributed by atoms with Crippen molar-refractivity contribution in [3.8, 4) is 22.6 Å². The number of aliphatic hydroxyl groups is 1. The van der Waals surface area contributed by atoms with Gasteiger partial charge in [0.15, 0.2) is 0 Å². The highest BCUT2D eigenvalue weighted by atomic mass is 32.2. The maximum absolute atomic E-state index is 13.6. The van der Waals surface area contributed by atoms with Gasteiger partial charge in [-0.25, -0.2) is 8.42 Å². The van der Waals surface area contributed by atoms with Crippen molar-refractivity contribution in [3.63, 3.8) is 0 Å². The zero-order valence-corrected chi connectivity index (χ0v) is 21.3. The van der Waals surface area contributed by atoms with Gasteiger partial charge in [0.05, 0.1) is 13.7 Å². The van der Waals surface area contributed by atoms with E-state index in [-0.39, 0.29) is 23.5 Å². The second-order valence-electron chi connectivity index (χ2n) is 9.79. The summed E-state index contributed by atoms with van der Waals surface area (Å²) in [6.07, 6.45) is 2.37. The number of benzene rings is 2. The molecular weight excluding hydrogens is 452 g/mol. The van der Waals surface area contributed by atoms with Crippen LogP contribution in [-0.2, 0) is 10.0 Å². The molecule has 1 N–H and O–H groups in total. The Balaban J connectivity index is 1.73. The summed E-state index contributed by atoms with van der Waals surface area (Å²) in [5, 5.41) is 9.81. The Labute approximate surface area is 203 Å². The van der Waals surface area contributed by atoms with Crippen LogP contribution in [0.4, 0.5) is 0 Å². The van der Waals surface area contributed by atoms with Gasteiger partial charge in [0.25, 0.3) is 0 Å². The smallest absolute Gasteiger partial charge is 0.247 e. The Kier molecular flexibility index (Phi) is 7.52. The van der Waals surface area contributed by atoms with E-state index in [4.69, 9.17) is 9.47 Å². The van der Waals surface area contributed by atoms with Gasteiger partial charge in [-0.15, -0.1) is 0 Å². The molecule has 2 aromatic carbocycles. The molecule has 1 saturated carbocycles. The predicted octanol–water partition coefficient (Wildman–Crippen LogP) is 3.47. The number of rotatable bonds is 8. The van der Waals surface area contributed by atoms with Crippen LogP contribution in [-0.4, -0.2) is 75.3 Å². The molecule has 0 unspecified atom stereocenters. The van der Waals surface area contributed by atoms with Gasteiger partial charge < -0.3 is 19.5 Å². The van der Waals surface area contributed by atoms with Crippen molar-refractivity contribution < 1.29 is 23.0 Å². The molecule has 0 radical (unpaired) electrons. The van der Waals surface area contributed by atoms with Crippen LogP contribution in [0.15, 0.2) is 47.4 Å². The quantitative estimate of drug-likeness (QED) is 0.613. The molecule has 1 fully saturated rings. The minimum Gasteiger partial charge on any atom is -0.497 e. The van der Waals surface area contributed by atoms with Gasteiger partial charge in [0, 0.05) is 31.6 Å². The minimum absolute atomic E-state index is 0.0526. The number of hydrogen-bond donors (Lipinski definition) is 1. The number of hydrogen-bond acceptors (Lipinski definition) is 6. The molecule has 0 saturated heterocycles. The molecule has 1 aliphatic heterocycles. The summed E-state index contributed by atoms with van der Waals surface area (Å²) in [6, 6.07) is 12.4. The lowest BCUT2D eigenvalue weighted by Crippen LogP contribution is -2.49. The average Bonchev–Trinajstić information content (AvgIpc) is 3.64. The summed E-state index contributed by atoms with van der Waals surface area (Å²) >= 11 is 0. The van der Waals surface area contributed by atoms with E-state index in [9.17, 15) is 13.5 Å². The first-order valence-corrected chi connectivity index (χ1v) is 13.4. The SMILES string of the molecule is COc1ccc(-c2ccc3c(c2)O[C@@H](CN(C)CC2CC2)[C@@H](C)CN([C@H](C)CO)S3(=O)=O)cc1. The number of methoxy groups -OCH3 is 1. The number of likely N-dealkylation sites (N-methyl/N-ethyl adjacent to an activating group) is 1. The standard InChI is InChI=1S/C26H36N2O5S/c1-18-14-28(19(2)17-29)34(30,31)26-12-9-22(21-7-10-23(32-4)11-8-21)13-24(26)33-25(18)16-27(3)15-20-5-6-20/h7-13,18-20,25,29H,5-6,14-17H2,1-4H3/t18-,19+,25-/m0/s1. The van der Waals surface area contributed by atoms with Crippen molar-refractivity contribution in [3.05, 3.63) is 42.5 Å². The minimum atomic E-state index is -3.84. The van der Waals surface area contributed by atoms with Crippen LogP contribution < -0.4 is 9.47 Å². The monoisotopic (exact) mass is 488 g/mol. The lowest BCUT2D eigenvalue weighted by molar-refractivity contribution is 0.0741. The second kappa shape index (κ2) is 10.2. The number of aliphatic hydroxyl groups excluding tert-OH is 1. The first kappa shape index (κ1) is 25.0. The van der Waals surface area contributed by atoms with Crippen molar-refractivity contribution in [2.75, 3.05) is 40.4 Å². The average molecular weight is 489 g/mol. The van der Waals surface area contributed by atoms with E-state index < -0.39 is 16.1 Å². The van der Waals surface area contributed by atoms with E-state index in [1.165, 1.54) is 17.1 Å². The number of ether oxygens (including phenoxy) is 2.